The molecular weight excluding hydrogens is 269 g/mol. The van der Waals surface area contributed by atoms with Crippen molar-refractivity contribution in [3.8, 4) is 10.4 Å². The number of hydrogen-bond acceptors (Lipinski definition) is 2. The molecule has 1 saturated carbocycles. The van der Waals surface area contributed by atoms with Crippen LogP contribution in [0.3, 0.4) is 0 Å². The van der Waals surface area contributed by atoms with E-state index < -0.39 is 0 Å². The Bertz CT molecular complexity index is 574. The Balaban J connectivity index is 1.83. The van der Waals surface area contributed by atoms with E-state index in [1.165, 1.54) is 23.8 Å². The Labute approximate surface area is 123 Å². The summed E-state index contributed by atoms with van der Waals surface area (Å²) in [4.78, 5) is 2.38. The van der Waals surface area contributed by atoms with Crippen molar-refractivity contribution in [2.45, 2.75) is 32.2 Å². The number of benzene rings is 1. The summed E-state index contributed by atoms with van der Waals surface area (Å²) in [5.41, 5.74) is 0.716. The van der Waals surface area contributed by atoms with Crippen molar-refractivity contribution in [3.63, 3.8) is 0 Å². The van der Waals surface area contributed by atoms with Gasteiger partial charge in [0.2, 0.25) is 0 Å². The number of rotatable bonds is 6. The minimum atomic E-state index is -0.134. The smallest absolute Gasteiger partial charge is 0.131 e. The van der Waals surface area contributed by atoms with E-state index in [1.54, 1.807) is 17.4 Å². The van der Waals surface area contributed by atoms with E-state index in [-0.39, 0.29) is 5.82 Å². The van der Waals surface area contributed by atoms with Crippen LogP contribution in [0.2, 0.25) is 0 Å². The summed E-state index contributed by atoms with van der Waals surface area (Å²) >= 11 is 1.72. The standard InChI is InChI=1S/C17H20FNS/c1-2-11-19-17(12-7-8-12)16-10-9-15(20-16)13-5-3-4-6-14(13)18/h3-6,9-10,12,17,19H,2,7-8,11H2,1H3. The van der Waals surface area contributed by atoms with Gasteiger partial charge in [-0.3, -0.25) is 0 Å². The monoisotopic (exact) mass is 289 g/mol. The van der Waals surface area contributed by atoms with Crippen molar-refractivity contribution in [3.05, 3.63) is 47.1 Å². The molecule has 0 radical (unpaired) electrons. The minimum Gasteiger partial charge on any atom is -0.309 e. The highest BCUT2D eigenvalue weighted by atomic mass is 32.1. The van der Waals surface area contributed by atoms with Gasteiger partial charge >= 0.3 is 0 Å². The molecule has 1 fully saturated rings. The molecule has 0 saturated heterocycles. The third-order valence-corrected chi connectivity index (χ3v) is 4.98. The Morgan fingerprint density at radius 3 is 2.75 bits per heavy atom. The molecule has 1 nitrogen and oxygen atoms in total. The predicted octanol–water partition coefficient (Wildman–Crippen LogP) is 5.00. The molecule has 1 aromatic heterocycles. The topological polar surface area (TPSA) is 12.0 Å². The van der Waals surface area contributed by atoms with Crippen LogP contribution in [0.4, 0.5) is 4.39 Å². The zero-order chi connectivity index (χ0) is 13.9. The molecule has 1 aliphatic carbocycles. The largest absolute Gasteiger partial charge is 0.309 e. The van der Waals surface area contributed by atoms with Gasteiger partial charge in [-0.05, 0) is 49.9 Å². The van der Waals surface area contributed by atoms with Crippen LogP contribution in [0.25, 0.3) is 10.4 Å². The molecule has 0 aliphatic heterocycles. The number of nitrogens with one attached hydrogen (secondary N) is 1. The summed E-state index contributed by atoms with van der Waals surface area (Å²) in [6, 6.07) is 11.7. The summed E-state index contributed by atoms with van der Waals surface area (Å²) in [5.74, 6) is 0.638. The van der Waals surface area contributed by atoms with E-state index in [4.69, 9.17) is 0 Å². The first-order valence-corrected chi connectivity index (χ1v) is 8.19. The first-order chi connectivity index (χ1) is 9.79. The summed E-state index contributed by atoms with van der Waals surface area (Å²) in [7, 11) is 0. The second kappa shape index (κ2) is 6.06. The maximum absolute atomic E-state index is 13.9. The van der Waals surface area contributed by atoms with Crippen molar-refractivity contribution in [1.82, 2.24) is 5.32 Å². The Kier molecular flexibility index (Phi) is 4.18. The van der Waals surface area contributed by atoms with Crippen molar-refractivity contribution in [1.29, 1.82) is 0 Å². The predicted molar refractivity (Wildman–Crippen MR) is 83.5 cm³/mol. The van der Waals surface area contributed by atoms with E-state index in [0.717, 1.165) is 23.8 Å². The molecule has 1 aliphatic rings. The van der Waals surface area contributed by atoms with E-state index >= 15 is 0 Å². The zero-order valence-corrected chi connectivity index (χ0v) is 12.5. The molecule has 1 heterocycles. The molecule has 20 heavy (non-hydrogen) atoms. The van der Waals surface area contributed by atoms with Crippen LogP contribution in [-0.4, -0.2) is 6.54 Å². The van der Waals surface area contributed by atoms with Gasteiger partial charge in [-0.2, -0.15) is 0 Å². The number of halogens is 1. The van der Waals surface area contributed by atoms with Gasteiger partial charge in [0.15, 0.2) is 0 Å². The van der Waals surface area contributed by atoms with Crippen LogP contribution in [0.1, 0.15) is 37.1 Å². The summed E-state index contributed by atoms with van der Waals surface area (Å²) in [6.45, 7) is 3.24. The maximum Gasteiger partial charge on any atom is 0.131 e. The van der Waals surface area contributed by atoms with Crippen LogP contribution in [0.15, 0.2) is 36.4 Å². The van der Waals surface area contributed by atoms with Crippen molar-refractivity contribution in [2.24, 2.45) is 5.92 Å². The molecule has 1 atom stereocenters. The second-order valence-electron chi connectivity index (χ2n) is 5.45. The molecule has 3 heteroatoms. The van der Waals surface area contributed by atoms with Gasteiger partial charge in [0.1, 0.15) is 5.82 Å². The van der Waals surface area contributed by atoms with Gasteiger partial charge in [-0.1, -0.05) is 25.1 Å². The van der Waals surface area contributed by atoms with Crippen LogP contribution >= 0.6 is 11.3 Å². The molecule has 0 bridgehead atoms. The normalized spacial score (nSPS) is 16.3. The maximum atomic E-state index is 13.9. The van der Waals surface area contributed by atoms with Gasteiger partial charge < -0.3 is 5.32 Å². The van der Waals surface area contributed by atoms with Gasteiger partial charge in [-0.15, -0.1) is 11.3 Å². The summed E-state index contributed by atoms with van der Waals surface area (Å²) in [5, 5.41) is 3.64. The van der Waals surface area contributed by atoms with E-state index in [0.29, 0.717) is 11.6 Å². The van der Waals surface area contributed by atoms with Gasteiger partial charge in [-0.25, -0.2) is 4.39 Å². The molecule has 1 unspecified atom stereocenters. The highest BCUT2D eigenvalue weighted by Crippen LogP contribution is 2.44. The summed E-state index contributed by atoms with van der Waals surface area (Å²) < 4.78 is 13.9. The van der Waals surface area contributed by atoms with E-state index in [1.807, 2.05) is 12.1 Å². The quantitative estimate of drug-likeness (QED) is 0.788. The van der Waals surface area contributed by atoms with Gasteiger partial charge in [0.25, 0.3) is 0 Å². The molecule has 1 N–H and O–H groups in total. The first kappa shape index (κ1) is 13.8. The Hall–Kier alpha value is -1.19. The van der Waals surface area contributed by atoms with Gasteiger partial charge in [0.05, 0.1) is 0 Å². The second-order valence-corrected chi connectivity index (χ2v) is 6.57. The lowest BCUT2D eigenvalue weighted by molar-refractivity contribution is 0.488. The molecule has 2 aromatic rings. The van der Waals surface area contributed by atoms with E-state index in [9.17, 15) is 4.39 Å². The number of thiophene rings is 1. The molecule has 0 amide bonds. The molecule has 0 spiro atoms. The SMILES string of the molecule is CCCNC(c1ccc(-c2ccccc2F)s1)C1CC1. The summed E-state index contributed by atoms with van der Waals surface area (Å²) in [6.07, 6.45) is 3.78. The van der Waals surface area contributed by atoms with Crippen LogP contribution in [0, 0.1) is 11.7 Å². The average molecular weight is 289 g/mol. The Morgan fingerprint density at radius 1 is 1.25 bits per heavy atom. The highest BCUT2D eigenvalue weighted by molar-refractivity contribution is 7.15. The third kappa shape index (κ3) is 2.94. The van der Waals surface area contributed by atoms with Crippen LogP contribution < -0.4 is 5.32 Å². The first-order valence-electron chi connectivity index (χ1n) is 7.37. The van der Waals surface area contributed by atoms with Crippen LogP contribution in [-0.2, 0) is 0 Å². The fourth-order valence-corrected chi connectivity index (χ4v) is 3.76. The average Bonchev–Trinajstić information content (AvgIpc) is 3.18. The lowest BCUT2D eigenvalue weighted by atomic mass is 10.1. The minimum absolute atomic E-state index is 0.134. The van der Waals surface area contributed by atoms with Crippen LogP contribution in [0.5, 0.6) is 0 Å². The molecular formula is C17H20FNS. The fourth-order valence-electron chi connectivity index (χ4n) is 2.55. The molecule has 106 valence electrons. The Morgan fingerprint density at radius 2 is 2.05 bits per heavy atom. The van der Waals surface area contributed by atoms with Crippen molar-refractivity contribution >= 4 is 11.3 Å². The highest BCUT2D eigenvalue weighted by Gasteiger charge is 2.32. The van der Waals surface area contributed by atoms with Crippen molar-refractivity contribution < 1.29 is 4.39 Å². The zero-order valence-electron chi connectivity index (χ0n) is 11.7. The lowest BCUT2D eigenvalue weighted by Gasteiger charge is -2.16. The third-order valence-electron chi connectivity index (χ3n) is 3.78. The molecule has 3 rings (SSSR count). The fraction of sp³-hybridized carbons (Fsp3) is 0.412. The lowest BCUT2D eigenvalue weighted by Crippen LogP contribution is -2.22. The van der Waals surface area contributed by atoms with Crippen molar-refractivity contribution in [2.75, 3.05) is 6.54 Å². The van der Waals surface area contributed by atoms with Gasteiger partial charge in [0, 0.05) is 21.4 Å². The number of hydrogen-bond donors (Lipinski definition) is 1. The molecule has 1 aromatic carbocycles. The van der Waals surface area contributed by atoms with E-state index in [2.05, 4.69) is 24.4 Å².